The normalized spacial score (nSPS) is 15.5. The highest BCUT2D eigenvalue weighted by atomic mass is 32.2. The highest BCUT2D eigenvalue weighted by Crippen LogP contribution is 2.27. The van der Waals surface area contributed by atoms with E-state index in [1.54, 1.807) is 19.9 Å². The minimum Gasteiger partial charge on any atom is -0.305 e. The van der Waals surface area contributed by atoms with Gasteiger partial charge in [-0.15, -0.1) is 0 Å². The second-order valence-electron chi connectivity index (χ2n) is 7.56. The quantitative estimate of drug-likeness (QED) is 0.687. The van der Waals surface area contributed by atoms with Crippen molar-refractivity contribution in [2.75, 3.05) is 12.4 Å². The molecule has 1 aromatic heterocycles. The summed E-state index contributed by atoms with van der Waals surface area (Å²) in [6.07, 6.45) is 7.32. The van der Waals surface area contributed by atoms with Crippen LogP contribution in [0.4, 0.5) is 5.82 Å². The van der Waals surface area contributed by atoms with E-state index in [0.29, 0.717) is 17.3 Å². The van der Waals surface area contributed by atoms with E-state index in [0.717, 1.165) is 17.7 Å². The van der Waals surface area contributed by atoms with E-state index in [1.807, 2.05) is 6.07 Å². The van der Waals surface area contributed by atoms with Crippen LogP contribution in [0.2, 0.25) is 0 Å². The molecule has 1 aliphatic rings. The first-order chi connectivity index (χ1) is 13.3. The van der Waals surface area contributed by atoms with E-state index in [2.05, 4.69) is 20.2 Å². The Kier molecular flexibility index (Phi) is 6.20. The van der Waals surface area contributed by atoms with Gasteiger partial charge in [-0.2, -0.15) is 5.10 Å². The van der Waals surface area contributed by atoms with Crippen molar-refractivity contribution in [1.82, 2.24) is 14.9 Å². The predicted molar refractivity (Wildman–Crippen MR) is 109 cm³/mol. The van der Waals surface area contributed by atoms with Crippen LogP contribution in [0.25, 0.3) is 0 Å². The number of carbonyl (C=O) groups is 1. The van der Waals surface area contributed by atoms with Gasteiger partial charge in [0.05, 0.1) is 4.90 Å². The molecule has 1 fully saturated rings. The van der Waals surface area contributed by atoms with Crippen LogP contribution in [-0.4, -0.2) is 31.6 Å². The van der Waals surface area contributed by atoms with Crippen LogP contribution < -0.4 is 10.0 Å². The number of amides is 1. The Balaban J connectivity index is 1.75. The highest BCUT2D eigenvalue weighted by Gasteiger charge is 2.20. The molecule has 1 aromatic carbocycles. The van der Waals surface area contributed by atoms with Gasteiger partial charge in [0.2, 0.25) is 10.0 Å². The fraction of sp³-hybridized carbons (Fsp3) is 0.500. The Morgan fingerprint density at radius 1 is 1.18 bits per heavy atom. The molecule has 0 saturated heterocycles. The number of sulfonamides is 1. The number of aryl methyl sites for hydroxylation is 1. The molecule has 0 spiro atoms. The number of nitrogens with one attached hydrogen (secondary N) is 3. The van der Waals surface area contributed by atoms with E-state index in [-0.39, 0.29) is 16.4 Å². The molecule has 0 aliphatic heterocycles. The molecule has 1 heterocycles. The largest absolute Gasteiger partial charge is 0.305 e. The van der Waals surface area contributed by atoms with Crippen molar-refractivity contribution in [3.63, 3.8) is 0 Å². The zero-order valence-electron chi connectivity index (χ0n) is 16.6. The smallest absolute Gasteiger partial charge is 0.256 e. The predicted octanol–water partition coefficient (Wildman–Crippen LogP) is 3.31. The first kappa shape index (κ1) is 20.5. The summed E-state index contributed by atoms with van der Waals surface area (Å²) in [7, 11) is -2.29. The lowest BCUT2D eigenvalue weighted by Gasteiger charge is -2.20. The number of anilines is 1. The molecule has 3 N–H and O–H groups in total. The molecule has 2 aromatic rings. The van der Waals surface area contributed by atoms with Gasteiger partial charge in [0.15, 0.2) is 5.82 Å². The van der Waals surface area contributed by atoms with Gasteiger partial charge < -0.3 is 5.32 Å². The van der Waals surface area contributed by atoms with Crippen molar-refractivity contribution >= 4 is 21.7 Å². The minimum absolute atomic E-state index is 0.111. The monoisotopic (exact) mass is 404 g/mol. The van der Waals surface area contributed by atoms with Crippen LogP contribution >= 0.6 is 0 Å². The highest BCUT2D eigenvalue weighted by molar-refractivity contribution is 7.89. The zero-order valence-corrected chi connectivity index (χ0v) is 17.4. The fourth-order valence-corrected chi connectivity index (χ4v) is 4.83. The van der Waals surface area contributed by atoms with Gasteiger partial charge >= 0.3 is 0 Å². The molecule has 28 heavy (non-hydrogen) atoms. The Labute approximate surface area is 166 Å². The van der Waals surface area contributed by atoms with Crippen LogP contribution in [-0.2, 0) is 16.4 Å². The number of nitrogens with zero attached hydrogens (tertiary/aromatic N) is 1. The maximum atomic E-state index is 12.7. The van der Waals surface area contributed by atoms with Gasteiger partial charge in [-0.05, 0) is 56.5 Å². The van der Waals surface area contributed by atoms with E-state index in [4.69, 9.17) is 0 Å². The third kappa shape index (κ3) is 4.62. The summed E-state index contributed by atoms with van der Waals surface area (Å²) < 4.78 is 26.8. The average molecular weight is 405 g/mol. The van der Waals surface area contributed by atoms with Crippen molar-refractivity contribution in [3.05, 3.63) is 40.6 Å². The van der Waals surface area contributed by atoms with Crippen LogP contribution in [0.15, 0.2) is 23.1 Å². The Morgan fingerprint density at radius 2 is 1.89 bits per heavy atom. The van der Waals surface area contributed by atoms with E-state index in [1.165, 1.54) is 45.2 Å². The summed E-state index contributed by atoms with van der Waals surface area (Å²) >= 11 is 0. The first-order valence-electron chi connectivity index (χ1n) is 9.70. The number of hydrogen-bond acceptors (Lipinski definition) is 4. The van der Waals surface area contributed by atoms with Crippen molar-refractivity contribution in [2.45, 2.75) is 57.3 Å². The topological polar surface area (TPSA) is 104 Å². The number of H-pyrrole nitrogens is 1. The Bertz CT molecular complexity index is 960. The molecule has 3 rings (SSSR count). The molecule has 7 nitrogen and oxygen atoms in total. The van der Waals surface area contributed by atoms with Crippen LogP contribution in [0.5, 0.6) is 0 Å². The summed E-state index contributed by atoms with van der Waals surface area (Å²) in [4.78, 5) is 12.8. The molecule has 152 valence electrons. The second kappa shape index (κ2) is 8.45. The molecule has 8 heteroatoms. The lowest BCUT2D eigenvalue weighted by atomic mass is 9.86. The zero-order chi connectivity index (χ0) is 20.3. The van der Waals surface area contributed by atoms with E-state index >= 15 is 0 Å². The van der Waals surface area contributed by atoms with Gasteiger partial charge in [-0.25, -0.2) is 13.1 Å². The fourth-order valence-electron chi connectivity index (χ4n) is 3.77. The van der Waals surface area contributed by atoms with Crippen molar-refractivity contribution in [2.24, 2.45) is 5.92 Å². The van der Waals surface area contributed by atoms with Crippen molar-refractivity contribution < 1.29 is 13.2 Å². The Morgan fingerprint density at radius 3 is 2.57 bits per heavy atom. The molecule has 0 bridgehead atoms. The molecule has 0 unspecified atom stereocenters. The van der Waals surface area contributed by atoms with Crippen LogP contribution in [0.1, 0.15) is 59.3 Å². The molecular weight excluding hydrogens is 376 g/mol. The average Bonchev–Trinajstić information content (AvgIpc) is 3.11. The molecular formula is C20H28N4O3S. The van der Waals surface area contributed by atoms with Crippen LogP contribution in [0, 0.1) is 19.8 Å². The van der Waals surface area contributed by atoms with E-state index in [9.17, 15) is 13.2 Å². The molecule has 1 saturated carbocycles. The molecule has 0 atom stereocenters. The van der Waals surface area contributed by atoms with Gasteiger partial charge in [0.25, 0.3) is 5.91 Å². The third-order valence-electron chi connectivity index (χ3n) is 5.55. The number of carbonyl (C=O) groups excluding carboxylic acids is 1. The SMILES string of the molecule is CNS(=O)(=O)c1cc(C(=O)Nc2cc(CC3CCCCC3)[nH]n2)cc(C)c1C. The van der Waals surface area contributed by atoms with Gasteiger partial charge in [-0.3, -0.25) is 9.89 Å². The third-order valence-corrected chi connectivity index (χ3v) is 7.09. The summed E-state index contributed by atoms with van der Waals surface area (Å²) in [5.41, 5.74) is 2.66. The number of hydrogen-bond donors (Lipinski definition) is 3. The Hall–Kier alpha value is -2.19. The minimum atomic E-state index is -3.64. The van der Waals surface area contributed by atoms with Crippen molar-refractivity contribution in [3.8, 4) is 0 Å². The van der Waals surface area contributed by atoms with Gasteiger partial charge in [-0.1, -0.05) is 32.1 Å². The lowest BCUT2D eigenvalue weighted by molar-refractivity contribution is 0.102. The van der Waals surface area contributed by atoms with Crippen molar-refractivity contribution in [1.29, 1.82) is 0 Å². The standard InChI is InChI=1S/C20H28N4O3S/c1-13-9-16(11-18(14(13)2)28(26,27)21-3)20(25)22-19-12-17(23-24-19)10-15-7-5-4-6-8-15/h9,11-12,15,21H,4-8,10H2,1-3H3,(H2,22,23,24,25). The van der Waals surface area contributed by atoms with Gasteiger partial charge in [0.1, 0.15) is 0 Å². The second-order valence-corrected chi connectivity index (χ2v) is 9.42. The number of benzene rings is 1. The van der Waals surface area contributed by atoms with Gasteiger partial charge in [0, 0.05) is 17.3 Å². The number of aromatic amines is 1. The summed E-state index contributed by atoms with van der Waals surface area (Å²) in [6.45, 7) is 3.52. The number of rotatable bonds is 6. The maximum absolute atomic E-state index is 12.7. The maximum Gasteiger partial charge on any atom is 0.256 e. The molecule has 0 radical (unpaired) electrons. The number of aromatic nitrogens is 2. The molecule has 1 aliphatic carbocycles. The summed E-state index contributed by atoms with van der Waals surface area (Å²) in [5, 5.41) is 9.95. The van der Waals surface area contributed by atoms with E-state index < -0.39 is 10.0 Å². The lowest BCUT2D eigenvalue weighted by Crippen LogP contribution is -2.21. The summed E-state index contributed by atoms with van der Waals surface area (Å²) in [6, 6.07) is 4.95. The first-order valence-corrected chi connectivity index (χ1v) is 11.2. The summed E-state index contributed by atoms with van der Waals surface area (Å²) in [5.74, 6) is 0.741. The molecule has 1 amide bonds. The van der Waals surface area contributed by atoms with Crippen LogP contribution in [0.3, 0.4) is 0 Å².